The van der Waals surface area contributed by atoms with Gasteiger partial charge in [-0.3, -0.25) is 4.79 Å². The van der Waals surface area contributed by atoms with Gasteiger partial charge in [-0.05, 0) is 13.8 Å². The van der Waals surface area contributed by atoms with Crippen molar-refractivity contribution in [3.05, 3.63) is 11.8 Å². The predicted molar refractivity (Wildman–Crippen MR) is 50.3 cm³/mol. The molecular weight excluding hydrogens is 184 g/mol. The molecule has 0 saturated heterocycles. The molecule has 1 aliphatic rings. The first-order valence-corrected chi connectivity index (χ1v) is 4.41. The Balaban J connectivity index is 2.56. The van der Waals surface area contributed by atoms with E-state index >= 15 is 0 Å². The molecule has 0 aromatic carbocycles. The van der Waals surface area contributed by atoms with Crippen LogP contribution in [0.4, 0.5) is 0 Å². The van der Waals surface area contributed by atoms with Crippen LogP contribution >= 0.6 is 0 Å². The summed E-state index contributed by atoms with van der Waals surface area (Å²) < 4.78 is 4.55. The van der Waals surface area contributed by atoms with Gasteiger partial charge in [-0.15, -0.1) is 0 Å². The molecule has 1 heterocycles. The molecule has 0 aromatic heterocycles. The van der Waals surface area contributed by atoms with Crippen molar-refractivity contribution >= 4 is 11.9 Å². The Morgan fingerprint density at radius 2 is 2.36 bits per heavy atom. The standard InChI is InChI=1S/C9H14N2O3/c1-5-7(4-8(12)11-5)10-6(2)9(13)14-3/h4-6,10H,1-3H3,(H,11,12)/t5-,6-/m0/s1. The molecule has 78 valence electrons. The van der Waals surface area contributed by atoms with E-state index in [1.807, 2.05) is 6.92 Å². The minimum absolute atomic E-state index is 0.0744. The maximum atomic E-state index is 11.1. The summed E-state index contributed by atoms with van der Waals surface area (Å²) in [5, 5.41) is 5.60. The Labute approximate surface area is 82.5 Å². The predicted octanol–water partition coefficient (Wildman–Crippen LogP) is -0.460. The Kier molecular flexibility index (Phi) is 3.11. The first kappa shape index (κ1) is 10.6. The van der Waals surface area contributed by atoms with Crippen LogP contribution in [0.3, 0.4) is 0 Å². The van der Waals surface area contributed by atoms with Gasteiger partial charge in [0.05, 0.1) is 13.2 Å². The Morgan fingerprint density at radius 3 is 2.79 bits per heavy atom. The van der Waals surface area contributed by atoms with Gasteiger partial charge in [0.25, 0.3) is 0 Å². The number of carbonyl (C=O) groups is 2. The number of hydrogen-bond acceptors (Lipinski definition) is 4. The molecule has 0 aromatic rings. The summed E-state index contributed by atoms with van der Waals surface area (Å²) in [6.07, 6.45) is 1.45. The van der Waals surface area contributed by atoms with Gasteiger partial charge in [-0.25, -0.2) is 4.79 Å². The summed E-state index contributed by atoms with van der Waals surface area (Å²) in [5.74, 6) is -0.491. The molecule has 2 N–H and O–H groups in total. The van der Waals surface area contributed by atoms with E-state index < -0.39 is 6.04 Å². The molecule has 5 heteroatoms. The summed E-state index contributed by atoms with van der Waals surface area (Å²) in [4.78, 5) is 22.0. The zero-order valence-corrected chi connectivity index (χ0v) is 8.46. The van der Waals surface area contributed by atoms with Gasteiger partial charge in [-0.1, -0.05) is 0 Å². The smallest absolute Gasteiger partial charge is 0.327 e. The summed E-state index contributed by atoms with van der Waals surface area (Å²) in [7, 11) is 1.33. The number of amides is 1. The fraction of sp³-hybridized carbons (Fsp3) is 0.556. The fourth-order valence-electron chi connectivity index (χ4n) is 1.25. The monoisotopic (exact) mass is 198 g/mol. The first-order chi connectivity index (χ1) is 6.54. The van der Waals surface area contributed by atoms with E-state index in [0.29, 0.717) is 5.70 Å². The van der Waals surface area contributed by atoms with Crippen LogP contribution in [-0.2, 0) is 14.3 Å². The third-order valence-electron chi connectivity index (χ3n) is 2.05. The lowest BCUT2D eigenvalue weighted by Gasteiger charge is -2.16. The van der Waals surface area contributed by atoms with Crippen LogP contribution in [0, 0.1) is 0 Å². The van der Waals surface area contributed by atoms with Crippen molar-refractivity contribution in [3.63, 3.8) is 0 Å². The summed E-state index contributed by atoms with van der Waals surface area (Å²) >= 11 is 0. The van der Waals surface area contributed by atoms with E-state index in [-0.39, 0.29) is 17.9 Å². The number of ether oxygens (including phenoxy) is 1. The summed E-state index contributed by atoms with van der Waals surface area (Å²) in [6.45, 7) is 3.52. The highest BCUT2D eigenvalue weighted by molar-refractivity contribution is 5.91. The topological polar surface area (TPSA) is 67.4 Å². The van der Waals surface area contributed by atoms with E-state index in [4.69, 9.17) is 0 Å². The molecule has 5 nitrogen and oxygen atoms in total. The van der Waals surface area contributed by atoms with Gasteiger partial charge in [0.1, 0.15) is 6.04 Å². The lowest BCUT2D eigenvalue weighted by Crippen LogP contribution is -2.38. The highest BCUT2D eigenvalue weighted by Crippen LogP contribution is 2.06. The number of esters is 1. The molecule has 2 atom stereocenters. The highest BCUT2D eigenvalue weighted by Gasteiger charge is 2.22. The second kappa shape index (κ2) is 4.13. The van der Waals surface area contributed by atoms with Crippen LogP contribution < -0.4 is 10.6 Å². The Morgan fingerprint density at radius 1 is 1.71 bits per heavy atom. The average Bonchev–Trinajstić information content (AvgIpc) is 2.44. The molecule has 1 rings (SSSR count). The molecular formula is C9H14N2O3. The highest BCUT2D eigenvalue weighted by atomic mass is 16.5. The van der Waals surface area contributed by atoms with Crippen molar-refractivity contribution in [1.82, 2.24) is 10.6 Å². The van der Waals surface area contributed by atoms with Crippen LogP contribution in [0.15, 0.2) is 11.8 Å². The van der Waals surface area contributed by atoms with Crippen LogP contribution in [0.25, 0.3) is 0 Å². The van der Waals surface area contributed by atoms with Crippen molar-refractivity contribution in [3.8, 4) is 0 Å². The second-order valence-electron chi connectivity index (χ2n) is 3.22. The largest absolute Gasteiger partial charge is 0.467 e. The van der Waals surface area contributed by atoms with Crippen molar-refractivity contribution in [2.24, 2.45) is 0 Å². The van der Waals surface area contributed by atoms with Crippen molar-refractivity contribution in [2.45, 2.75) is 25.9 Å². The number of hydrogen-bond donors (Lipinski definition) is 2. The first-order valence-electron chi connectivity index (χ1n) is 4.41. The Bertz CT molecular complexity index is 286. The summed E-state index contributed by atoms with van der Waals surface area (Å²) in [6, 6.07) is -0.518. The number of rotatable bonds is 3. The minimum atomic E-state index is -0.443. The van der Waals surface area contributed by atoms with Crippen LogP contribution in [-0.4, -0.2) is 31.1 Å². The van der Waals surface area contributed by atoms with E-state index in [9.17, 15) is 9.59 Å². The van der Waals surface area contributed by atoms with Gasteiger partial charge in [-0.2, -0.15) is 0 Å². The lowest BCUT2D eigenvalue weighted by molar-refractivity contribution is -0.142. The molecule has 1 aliphatic heterocycles. The molecule has 0 radical (unpaired) electrons. The maximum Gasteiger partial charge on any atom is 0.327 e. The van der Waals surface area contributed by atoms with Crippen molar-refractivity contribution < 1.29 is 14.3 Å². The molecule has 1 amide bonds. The number of nitrogens with one attached hydrogen (secondary N) is 2. The van der Waals surface area contributed by atoms with E-state index in [2.05, 4.69) is 15.4 Å². The summed E-state index contributed by atoms with van der Waals surface area (Å²) in [5.41, 5.74) is 0.716. The molecule has 0 unspecified atom stereocenters. The molecule has 0 saturated carbocycles. The van der Waals surface area contributed by atoms with E-state index in [1.54, 1.807) is 6.92 Å². The zero-order valence-electron chi connectivity index (χ0n) is 8.46. The van der Waals surface area contributed by atoms with Gasteiger partial charge < -0.3 is 15.4 Å². The molecule has 0 aliphatic carbocycles. The van der Waals surface area contributed by atoms with Crippen LogP contribution in [0.1, 0.15) is 13.8 Å². The maximum absolute atomic E-state index is 11.1. The van der Waals surface area contributed by atoms with Gasteiger partial charge in [0.2, 0.25) is 5.91 Å². The third kappa shape index (κ3) is 2.25. The Hall–Kier alpha value is -1.52. The van der Waals surface area contributed by atoms with Gasteiger partial charge >= 0.3 is 5.97 Å². The third-order valence-corrected chi connectivity index (χ3v) is 2.05. The molecule has 14 heavy (non-hydrogen) atoms. The molecule has 0 bridgehead atoms. The van der Waals surface area contributed by atoms with Crippen molar-refractivity contribution in [2.75, 3.05) is 7.11 Å². The van der Waals surface area contributed by atoms with E-state index in [1.165, 1.54) is 13.2 Å². The molecule has 0 fully saturated rings. The van der Waals surface area contributed by atoms with E-state index in [0.717, 1.165) is 0 Å². The van der Waals surface area contributed by atoms with Crippen LogP contribution in [0.5, 0.6) is 0 Å². The second-order valence-corrected chi connectivity index (χ2v) is 3.22. The average molecular weight is 198 g/mol. The minimum Gasteiger partial charge on any atom is -0.467 e. The van der Waals surface area contributed by atoms with Crippen LogP contribution in [0.2, 0.25) is 0 Å². The normalized spacial score (nSPS) is 22.4. The number of methoxy groups -OCH3 is 1. The number of carbonyl (C=O) groups excluding carboxylic acids is 2. The van der Waals surface area contributed by atoms with Gasteiger partial charge in [0, 0.05) is 11.8 Å². The molecule has 0 spiro atoms. The fourth-order valence-corrected chi connectivity index (χ4v) is 1.25. The SMILES string of the molecule is COC(=O)[C@H](C)NC1=CC(=O)N[C@H]1C. The zero-order chi connectivity index (χ0) is 10.7. The lowest BCUT2D eigenvalue weighted by atomic mass is 10.2. The van der Waals surface area contributed by atoms with Gasteiger partial charge in [0.15, 0.2) is 0 Å². The quantitative estimate of drug-likeness (QED) is 0.602. The van der Waals surface area contributed by atoms with Crippen molar-refractivity contribution in [1.29, 1.82) is 0 Å².